The molecule has 1 aromatic heterocycles. The third-order valence-corrected chi connectivity index (χ3v) is 6.26. The Balaban J connectivity index is 1.61. The van der Waals surface area contributed by atoms with Crippen molar-refractivity contribution in [3.63, 3.8) is 0 Å². The summed E-state index contributed by atoms with van der Waals surface area (Å²) >= 11 is 0. The molecule has 0 aliphatic carbocycles. The summed E-state index contributed by atoms with van der Waals surface area (Å²) in [6.45, 7) is 1.73. The number of hydrogen-bond donors (Lipinski definition) is 1. The second-order valence-corrected chi connectivity index (χ2v) is 8.47. The molecule has 1 aliphatic rings. The minimum Gasteiger partial charge on any atom is -0.355 e. The van der Waals surface area contributed by atoms with Gasteiger partial charge in [0, 0.05) is 45.0 Å². The van der Waals surface area contributed by atoms with Crippen LogP contribution in [0.2, 0.25) is 0 Å². The van der Waals surface area contributed by atoms with Crippen molar-refractivity contribution >= 4 is 11.8 Å². The van der Waals surface area contributed by atoms with Crippen LogP contribution < -0.4 is 10.7 Å². The molecule has 2 amide bonds. The number of amides is 2. The zero-order valence-electron chi connectivity index (χ0n) is 18.9. The number of pyridine rings is 1. The maximum absolute atomic E-state index is 13.5. The van der Waals surface area contributed by atoms with E-state index in [1.54, 1.807) is 21.9 Å². The van der Waals surface area contributed by atoms with Gasteiger partial charge in [-0.2, -0.15) is 0 Å². The Morgan fingerprint density at radius 1 is 0.970 bits per heavy atom. The summed E-state index contributed by atoms with van der Waals surface area (Å²) in [5.41, 5.74) is 1.88. The molecule has 170 valence electrons. The third kappa shape index (κ3) is 5.22. The van der Waals surface area contributed by atoms with Crippen LogP contribution in [0, 0.1) is 0 Å². The molecule has 3 aromatic rings. The number of aryl methyl sites for hydroxylation is 2. The Hall–Kier alpha value is -3.67. The average Bonchev–Trinajstić information content (AvgIpc) is 2.88. The van der Waals surface area contributed by atoms with E-state index in [2.05, 4.69) is 17.4 Å². The van der Waals surface area contributed by atoms with Gasteiger partial charge in [-0.1, -0.05) is 60.7 Å². The lowest BCUT2D eigenvalue weighted by Gasteiger charge is -2.33. The molecular formula is C27H29N3O3. The molecular weight excluding hydrogens is 414 g/mol. The van der Waals surface area contributed by atoms with Gasteiger partial charge < -0.3 is 14.8 Å². The molecule has 2 aromatic carbocycles. The lowest BCUT2D eigenvalue weighted by Crippen LogP contribution is -2.42. The van der Waals surface area contributed by atoms with Gasteiger partial charge in [-0.3, -0.25) is 14.4 Å². The number of nitrogens with zero attached hydrogens (tertiary/aromatic N) is 2. The Morgan fingerprint density at radius 2 is 1.64 bits per heavy atom. The SMILES string of the molecule is CNC(=O)c1cn(CCc2ccccc2)cc(C(=O)N2CCC[C@H](c3ccccc3)C2)c1=O. The Morgan fingerprint density at radius 3 is 2.33 bits per heavy atom. The predicted molar refractivity (Wildman–Crippen MR) is 129 cm³/mol. The number of piperidine rings is 1. The molecule has 1 atom stereocenters. The van der Waals surface area contributed by atoms with Crippen molar-refractivity contribution < 1.29 is 9.59 Å². The molecule has 1 aliphatic heterocycles. The molecule has 0 spiro atoms. The van der Waals surface area contributed by atoms with Gasteiger partial charge in [-0.05, 0) is 30.4 Å². The van der Waals surface area contributed by atoms with Gasteiger partial charge in [0.05, 0.1) is 0 Å². The summed E-state index contributed by atoms with van der Waals surface area (Å²) in [5.74, 6) is -0.546. The number of benzene rings is 2. The van der Waals surface area contributed by atoms with E-state index in [4.69, 9.17) is 0 Å². The monoisotopic (exact) mass is 443 g/mol. The Bertz CT molecular complexity index is 1170. The van der Waals surface area contributed by atoms with Gasteiger partial charge in [0.2, 0.25) is 5.43 Å². The summed E-state index contributed by atoms with van der Waals surface area (Å²) in [5, 5.41) is 2.52. The minimum absolute atomic E-state index is 0.00645. The fourth-order valence-electron chi connectivity index (χ4n) is 4.44. The zero-order chi connectivity index (χ0) is 23.2. The molecule has 1 fully saturated rings. The summed E-state index contributed by atoms with van der Waals surface area (Å²) < 4.78 is 1.78. The topological polar surface area (TPSA) is 71.4 Å². The fraction of sp³-hybridized carbons (Fsp3) is 0.296. The molecule has 1 saturated heterocycles. The molecule has 6 heteroatoms. The van der Waals surface area contributed by atoms with Crippen LogP contribution in [0.3, 0.4) is 0 Å². The van der Waals surface area contributed by atoms with Gasteiger partial charge >= 0.3 is 0 Å². The number of nitrogens with one attached hydrogen (secondary N) is 1. The van der Waals surface area contributed by atoms with E-state index in [1.807, 2.05) is 48.5 Å². The van der Waals surface area contributed by atoms with Crippen LogP contribution in [0.15, 0.2) is 77.9 Å². The van der Waals surface area contributed by atoms with E-state index in [0.717, 1.165) is 24.8 Å². The first-order valence-corrected chi connectivity index (χ1v) is 11.4. The Labute approximate surface area is 193 Å². The number of aromatic nitrogens is 1. The first-order chi connectivity index (χ1) is 16.1. The molecule has 6 nitrogen and oxygen atoms in total. The van der Waals surface area contributed by atoms with Gasteiger partial charge in [-0.15, -0.1) is 0 Å². The van der Waals surface area contributed by atoms with Crippen LogP contribution in [0.5, 0.6) is 0 Å². The fourth-order valence-corrected chi connectivity index (χ4v) is 4.44. The quantitative estimate of drug-likeness (QED) is 0.634. The van der Waals surface area contributed by atoms with E-state index in [-0.39, 0.29) is 23.0 Å². The van der Waals surface area contributed by atoms with E-state index in [0.29, 0.717) is 19.6 Å². The highest BCUT2D eigenvalue weighted by molar-refractivity contribution is 5.99. The van der Waals surface area contributed by atoms with Crippen molar-refractivity contribution in [1.29, 1.82) is 0 Å². The summed E-state index contributed by atoms with van der Waals surface area (Å²) in [7, 11) is 1.49. The van der Waals surface area contributed by atoms with Crippen LogP contribution in [-0.2, 0) is 13.0 Å². The molecule has 2 heterocycles. The van der Waals surface area contributed by atoms with Gasteiger partial charge in [0.1, 0.15) is 11.1 Å². The van der Waals surface area contributed by atoms with E-state index in [9.17, 15) is 14.4 Å². The number of carbonyl (C=O) groups is 2. The van der Waals surface area contributed by atoms with Crippen LogP contribution in [0.4, 0.5) is 0 Å². The van der Waals surface area contributed by atoms with E-state index in [1.165, 1.54) is 12.6 Å². The summed E-state index contributed by atoms with van der Waals surface area (Å²) in [6, 6.07) is 20.2. The van der Waals surface area contributed by atoms with Gasteiger partial charge in [0.25, 0.3) is 11.8 Å². The standard InChI is InChI=1S/C27H29N3O3/c1-28-26(32)23-18-29(16-14-20-9-4-2-5-10-20)19-24(25(23)31)27(33)30-15-8-13-22(17-30)21-11-6-3-7-12-21/h2-7,9-12,18-19,22H,8,13-17H2,1H3,(H,28,32)/t22-/m0/s1. The third-order valence-electron chi connectivity index (χ3n) is 6.26. The van der Waals surface area contributed by atoms with Crippen molar-refractivity contribution in [1.82, 2.24) is 14.8 Å². The highest BCUT2D eigenvalue weighted by Gasteiger charge is 2.28. The lowest BCUT2D eigenvalue weighted by molar-refractivity contribution is 0.0705. The first kappa shape index (κ1) is 22.5. The van der Waals surface area contributed by atoms with Crippen molar-refractivity contribution in [3.05, 3.63) is 106 Å². The van der Waals surface area contributed by atoms with Gasteiger partial charge in [-0.25, -0.2) is 0 Å². The smallest absolute Gasteiger partial charge is 0.259 e. The van der Waals surface area contributed by atoms with Crippen LogP contribution in [0.1, 0.15) is 50.6 Å². The summed E-state index contributed by atoms with van der Waals surface area (Å²) in [4.78, 5) is 40.7. The number of carbonyl (C=O) groups excluding carboxylic acids is 2. The molecule has 0 radical (unpaired) electrons. The van der Waals surface area contributed by atoms with E-state index >= 15 is 0 Å². The predicted octanol–water partition coefficient (Wildman–Crippen LogP) is 3.47. The lowest BCUT2D eigenvalue weighted by atomic mass is 9.90. The second-order valence-electron chi connectivity index (χ2n) is 8.47. The minimum atomic E-state index is -0.517. The molecule has 0 saturated carbocycles. The summed E-state index contributed by atoms with van der Waals surface area (Å²) in [6.07, 6.45) is 5.76. The number of hydrogen-bond acceptors (Lipinski definition) is 3. The highest BCUT2D eigenvalue weighted by Crippen LogP contribution is 2.27. The number of likely N-dealkylation sites (tertiary alicyclic amines) is 1. The van der Waals surface area contributed by atoms with Crippen molar-refractivity contribution in [2.75, 3.05) is 20.1 Å². The Kier molecular flexibility index (Phi) is 7.03. The van der Waals surface area contributed by atoms with Crippen LogP contribution >= 0.6 is 0 Å². The highest BCUT2D eigenvalue weighted by atomic mass is 16.2. The second kappa shape index (κ2) is 10.3. The first-order valence-electron chi connectivity index (χ1n) is 11.4. The number of rotatable bonds is 6. The maximum atomic E-state index is 13.5. The van der Waals surface area contributed by atoms with Crippen LogP contribution in [-0.4, -0.2) is 41.4 Å². The van der Waals surface area contributed by atoms with Gasteiger partial charge in [0.15, 0.2) is 0 Å². The molecule has 1 N–H and O–H groups in total. The largest absolute Gasteiger partial charge is 0.355 e. The van der Waals surface area contributed by atoms with Crippen molar-refractivity contribution in [2.45, 2.75) is 31.7 Å². The van der Waals surface area contributed by atoms with Crippen LogP contribution in [0.25, 0.3) is 0 Å². The van der Waals surface area contributed by atoms with E-state index < -0.39 is 11.3 Å². The average molecular weight is 444 g/mol. The zero-order valence-corrected chi connectivity index (χ0v) is 18.9. The maximum Gasteiger partial charge on any atom is 0.259 e. The molecule has 0 bridgehead atoms. The van der Waals surface area contributed by atoms with Crippen molar-refractivity contribution in [2.24, 2.45) is 0 Å². The normalized spacial score (nSPS) is 15.8. The molecule has 0 unspecified atom stereocenters. The van der Waals surface area contributed by atoms with Crippen molar-refractivity contribution in [3.8, 4) is 0 Å². The molecule has 33 heavy (non-hydrogen) atoms. The molecule has 4 rings (SSSR count).